The summed E-state index contributed by atoms with van der Waals surface area (Å²) in [7, 11) is 4.27. The molecule has 6 heteroatoms. The molecule has 7 aromatic rings. The lowest BCUT2D eigenvalue weighted by Gasteiger charge is -2.18. The summed E-state index contributed by atoms with van der Waals surface area (Å²) in [5.74, 6) is 0. The van der Waals surface area contributed by atoms with Crippen molar-refractivity contribution in [3.05, 3.63) is 105 Å². The first-order valence-electron chi connectivity index (χ1n) is 12.2. The second-order valence-corrected chi connectivity index (χ2v) is 11.2. The first-order valence-corrected chi connectivity index (χ1v) is 13.7. The van der Waals surface area contributed by atoms with Crippen molar-refractivity contribution in [2.45, 2.75) is 0 Å². The van der Waals surface area contributed by atoms with Crippen LogP contribution in [-0.2, 0) is 14.1 Å². The molecule has 2 heterocycles. The molecule has 0 aliphatic heterocycles. The molecule has 5 aromatic carbocycles. The fourth-order valence-electron chi connectivity index (χ4n) is 5.98. The highest BCUT2D eigenvalue weighted by Crippen LogP contribution is 2.51. The fraction of sp³-hybridized carbons (Fsp3) is 0.0625. The van der Waals surface area contributed by atoms with Gasteiger partial charge in [0.05, 0.1) is 31.1 Å². The molecule has 0 saturated heterocycles. The Bertz CT molecular complexity index is 2100. The minimum absolute atomic E-state index is 0.509. The van der Waals surface area contributed by atoms with Gasteiger partial charge in [0, 0.05) is 57.8 Å². The van der Waals surface area contributed by atoms with Gasteiger partial charge in [-0.1, -0.05) is 94.9 Å². The smallest absolute Gasteiger partial charge is 0.0598 e. The number of para-hydroxylation sites is 2. The molecular formula is C32H20Cl4N2. The molecule has 0 atom stereocenters. The molecule has 7 rings (SSSR count). The van der Waals surface area contributed by atoms with E-state index in [1.165, 1.54) is 21.7 Å². The molecule has 0 N–H and O–H groups in total. The summed E-state index contributed by atoms with van der Waals surface area (Å²) in [5.41, 5.74) is 8.70. The lowest BCUT2D eigenvalue weighted by molar-refractivity contribution is 1.01. The zero-order valence-electron chi connectivity index (χ0n) is 20.5. The number of benzene rings is 5. The molecule has 0 radical (unpaired) electrons. The van der Waals surface area contributed by atoms with Gasteiger partial charge in [-0.25, -0.2) is 0 Å². The van der Waals surface area contributed by atoms with Crippen LogP contribution in [0, 0.1) is 0 Å². The van der Waals surface area contributed by atoms with E-state index in [1.54, 1.807) is 0 Å². The van der Waals surface area contributed by atoms with Crippen molar-refractivity contribution < 1.29 is 0 Å². The molecule has 186 valence electrons. The van der Waals surface area contributed by atoms with E-state index in [-0.39, 0.29) is 0 Å². The van der Waals surface area contributed by atoms with Gasteiger partial charge in [-0.05, 0) is 47.5 Å². The number of aryl methyl sites for hydroxylation is 2. The Morgan fingerprint density at radius 1 is 0.474 bits per heavy atom. The van der Waals surface area contributed by atoms with Gasteiger partial charge >= 0.3 is 0 Å². The number of fused-ring (bicyclic) bond motifs is 7. The first kappa shape index (κ1) is 23.9. The van der Waals surface area contributed by atoms with Crippen molar-refractivity contribution in [3.8, 4) is 22.3 Å². The van der Waals surface area contributed by atoms with Gasteiger partial charge in [0.25, 0.3) is 0 Å². The van der Waals surface area contributed by atoms with E-state index in [0.717, 1.165) is 44.2 Å². The molecular weight excluding hydrogens is 554 g/mol. The number of aromatic nitrogens is 2. The summed E-state index contributed by atoms with van der Waals surface area (Å²) in [6, 6.07) is 28.8. The number of halogens is 4. The van der Waals surface area contributed by atoms with E-state index < -0.39 is 0 Å². The van der Waals surface area contributed by atoms with Crippen LogP contribution in [-0.4, -0.2) is 9.13 Å². The van der Waals surface area contributed by atoms with Crippen molar-refractivity contribution >= 4 is 90.0 Å². The Balaban J connectivity index is 1.86. The van der Waals surface area contributed by atoms with Crippen LogP contribution in [0.25, 0.3) is 65.9 Å². The van der Waals surface area contributed by atoms with Crippen LogP contribution in [0.2, 0.25) is 20.1 Å². The molecule has 0 aliphatic rings. The van der Waals surface area contributed by atoms with Gasteiger partial charge in [-0.2, -0.15) is 0 Å². The number of nitrogens with zero attached hydrogens (tertiary/aromatic N) is 2. The molecule has 0 bridgehead atoms. The van der Waals surface area contributed by atoms with Gasteiger partial charge in [-0.15, -0.1) is 0 Å². The van der Waals surface area contributed by atoms with Crippen LogP contribution in [0.4, 0.5) is 0 Å². The van der Waals surface area contributed by atoms with Gasteiger partial charge in [0.2, 0.25) is 0 Å². The molecule has 2 aromatic heterocycles. The van der Waals surface area contributed by atoms with Crippen LogP contribution < -0.4 is 0 Å². The van der Waals surface area contributed by atoms with Crippen LogP contribution in [0.1, 0.15) is 0 Å². The second kappa shape index (κ2) is 8.69. The van der Waals surface area contributed by atoms with E-state index in [9.17, 15) is 0 Å². The molecule has 2 nitrogen and oxygen atoms in total. The number of hydrogen-bond acceptors (Lipinski definition) is 0. The number of hydrogen-bond donors (Lipinski definition) is 0. The monoisotopic (exact) mass is 572 g/mol. The highest BCUT2D eigenvalue weighted by atomic mass is 35.5. The quantitative estimate of drug-likeness (QED) is 0.194. The van der Waals surface area contributed by atoms with E-state index in [2.05, 4.69) is 71.8 Å². The Morgan fingerprint density at radius 2 is 0.947 bits per heavy atom. The fourth-order valence-corrected chi connectivity index (χ4v) is 6.58. The van der Waals surface area contributed by atoms with E-state index in [1.807, 2.05) is 36.4 Å². The molecule has 38 heavy (non-hydrogen) atoms. The van der Waals surface area contributed by atoms with Gasteiger partial charge in [0.1, 0.15) is 0 Å². The Kier molecular flexibility index (Phi) is 5.48. The van der Waals surface area contributed by atoms with E-state index in [0.29, 0.717) is 20.1 Å². The zero-order chi connectivity index (χ0) is 26.3. The summed E-state index contributed by atoms with van der Waals surface area (Å²) in [4.78, 5) is 0. The minimum Gasteiger partial charge on any atom is -0.343 e. The summed E-state index contributed by atoms with van der Waals surface area (Å²) < 4.78 is 4.58. The average Bonchev–Trinajstić information content (AvgIpc) is 3.38. The minimum atomic E-state index is 0.509. The second-order valence-electron chi connectivity index (χ2n) is 9.61. The van der Waals surface area contributed by atoms with Crippen LogP contribution in [0.3, 0.4) is 0 Å². The third-order valence-electron chi connectivity index (χ3n) is 7.60. The predicted molar refractivity (Wildman–Crippen MR) is 165 cm³/mol. The summed E-state index contributed by atoms with van der Waals surface area (Å²) >= 11 is 26.0. The van der Waals surface area contributed by atoms with Crippen molar-refractivity contribution in [1.82, 2.24) is 9.13 Å². The zero-order valence-corrected chi connectivity index (χ0v) is 23.5. The normalized spacial score (nSPS) is 11.9. The molecule has 0 aliphatic carbocycles. The maximum absolute atomic E-state index is 6.62. The molecule has 0 fully saturated rings. The maximum Gasteiger partial charge on any atom is 0.0598 e. The summed E-state index contributed by atoms with van der Waals surface area (Å²) in [6.07, 6.45) is 0. The Labute approximate surface area is 239 Å². The molecule has 0 amide bonds. The largest absolute Gasteiger partial charge is 0.343 e. The third kappa shape index (κ3) is 3.28. The third-order valence-corrected chi connectivity index (χ3v) is 9.08. The summed E-state index contributed by atoms with van der Waals surface area (Å²) in [6.45, 7) is 0. The lowest BCUT2D eigenvalue weighted by Crippen LogP contribution is -1.96. The SMILES string of the molecule is Cn1c2ccccc2c2c1c(-c1ccc(Cl)c(Cl)c1)c(-c1ccc(Cl)c(Cl)c1)c1c3ccccc3n(C)c12. The van der Waals surface area contributed by atoms with Crippen molar-refractivity contribution in [1.29, 1.82) is 0 Å². The van der Waals surface area contributed by atoms with Gasteiger partial charge < -0.3 is 9.13 Å². The topological polar surface area (TPSA) is 9.86 Å². The Morgan fingerprint density at radius 3 is 1.50 bits per heavy atom. The Hall–Kier alpha value is -3.14. The van der Waals surface area contributed by atoms with Crippen molar-refractivity contribution in [3.63, 3.8) is 0 Å². The number of rotatable bonds is 2. The summed E-state index contributed by atoms with van der Waals surface area (Å²) in [5, 5.41) is 6.78. The molecule has 0 saturated carbocycles. The van der Waals surface area contributed by atoms with E-state index >= 15 is 0 Å². The highest BCUT2D eigenvalue weighted by Gasteiger charge is 2.26. The van der Waals surface area contributed by atoms with Gasteiger partial charge in [-0.3, -0.25) is 0 Å². The first-order chi connectivity index (χ1) is 18.4. The highest BCUT2D eigenvalue weighted by molar-refractivity contribution is 6.43. The van der Waals surface area contributed by atoms with Crippen LogP contribution in [0.5, 0.6) is 0 Å². The molecule has 0 spiro atoms. The lowest BCUT2D eigenvalue weighted by atomic mass is 9.88. The van der Waals surface area contributed by atoms with Crippen LogP contribution in [0.15, 0.2) is 84.9 Å². The van der Waals surface area contributed by atoms with Crippen LogP contribution >= 0.6 is 46.4 Å². The van der Waals surface area contributed by atoms with Crippen molar-refractivity contribution in [2.24, 2.45) is 14.1 Å². The predicted octanol–water partition coefficient (Wildman–Crippen LogP) is 10.9. The van der Waals surface area contributed by atoms with Crippen molar-refractivity contribution in [2.75, 3.05) is 0 Å². The van der Waals surface area contributed by atoms with Gasteiger partial charge in [0.15, 0.2) is 0 Å². The maximum atomic E-state index is 6.62. The standard InChI is InChI=1S/C32H20Cl4N2/c1-37-26-10-6-4-8-20(26)30-31(37)28(18-12-14-22(34)24(36)16-18)27(17-11-13-21(33)23(35)15-17)29-19-7-3-5-9-25(19)38(2)32(29)30/h3-16H,1-2H3. The molecule has 0 unspecified atom stereocenters. The average molecular weight is 574 g/mol. The van der Waals surface area contributed by atoms with E-state index in [4.69, 9.17) is 46.4 Å².